The normalized spacial score (nSPS) is 30.5. The van der Waals surface area contributed by atoms with Crippen LogP contribution < -0.4 is 0 Å². The number of rotatable bonds is 4. The molecular formula is C22H21NO3S2. The molecule has 1 aliphatic carbocycles. The second-order valence-electron chi connectivity index (χ2n) is 7.88. The van der Waals surface area contributed by atoms with E-state index in [2.05, 4.69) is 17.1 Å². The Kier molecular flexibility index (Phi) is 4.09. The van der Waals surface area contributed by atoms with Crippen LogP contribution in [0.3, 0.4) is 0 Å². The fourth-order valence-corrected chi connectivity index (χ4v) is 6.86. The summed E-state index contributed by atoms with van der Waals surface area (Å²) in [6.07, 6.45) is 5.56. The Bertz CT molecular complexity index is 1020. The molecule has 0 spiro atoms. The van der Waals surface area contributed by atoms with Crippen molar-refractivity contribution in [3.8, 4) is 0 Å². The van der Waals surface area contributed by atoms with Crippen molar-refractivity contribution < 1.29 is 14.6 Å². The quantitative estimate of drug-likeness (QED) is 0.586. The van der Waals surface area contributed by atoms with Crippen LogP contribution in [0.5, 0.6) is 0 Å². The topological polar surface area (TPSA) is 59.4 Å². The number of ether oxygens (including phenoxy) is 1. The molecule has 0 amide bonds. The number of hydrogen-bond acceptors (Lipinski definition) is 6. The van der Waals surface area contributed by atoms with Gasteiger partial charge in [0.25, 0.3) is 0 Å². The molecule has 2 bridgehead atoms. The zero-order valence-corrected chi connectivity index (χ0v) is 17.6. The summed E-state index contributed by atoms with van der Waals surface area (Å²) < 4.78 is 7.23. The number of allylic oxidation sites excluding steroid dienone is 1. The van der Waals surface area contributed by atoms with E-state index < -0.39 is 5.60 Å². The zero-order chi connectivity index (χ0) is 19.6. The second kappa shape index (κ2) is 6.31. The van der Waals surface area contributed by atoms with Gasteiger partial charge in [-0.05, 0) is 37.5 Å². The van der Waals surface area contributed by atoms with Crippen LogP contribution in [0.2, 0.25) is 0 Å². The van der Waals surface area contributed by atoms with Gasteiger partial charge >= 0.3 is 0 Å². The molecule has 28 heavy (non-hydrogen) atoms. The lowest BCUT2D eigenvalue weighted by Crippen LogP contribution is -2.38. The number of aryl methyl sites for hydroxylation is 3. The summed E-state index contributed by atoms with van der Waals surface area (Å²) in [6, 6.07) is 4.14. The van der Waals surface area contributed by atoms with E-state index in [1.807, 2.05) is 38.3 Å². The number of fused-ring (bicyclic) bond motifs is 5. The highest BCUT2D eigenvalue weighted by atomic mass is 32.2. The number of thiazole rings is 1. The fourth-order valence-electron chi connectivity index (χ4n) is 5.06. The van der Waals surface area contributed by atoms with Gasteiger partial charge in [-0.3, -0.25) is 4.79 Å². The number of aromatic nitrogens is 1. The van der Waals surface area contributed by atoms with Crippen molar-refractivity contribution in [3.63, 3.8) is 0 Å². The van der Waals surface area contributed by atoms with Crippen LogP contribution in [-0.4, -0.2) is 33.3 Å². The standard InChI is InChI=1S/C22H21NO3S2/c1-11-8-12(2)15(13(3)9-11)17-19(24)16-14-4-5-22(26-14,18(16)20(17)25)10-28-21-23-6-7-27-21/h4-9,14,16,18,25H,10H2,1-3H3/t14-,16-,18+,22-/m0/s1. The third-order valence-corrected chi connectivity index (χ3v) is 8.18. The minimum atomic E-state index is -0.653. The Morgan fingerprint density at radius 3 is 2.71 bits per heavy atom. The molecule has 1 saturated heterocycles. The van der Waals surface area contributed by atoms with Crippen LogP contribution in [0, 0.1) is 32.6 Å². The molecule has 1 fully saturated rings. The summed E-state index contributed by atoms with van der Waals surface area (Å²) in [4.78, 5) is 17.7. The first-order valence-electron chi connectivity index (χ1n) is 9.36. The molecule has 1 aromatic carbocycles. The molecule has 1 aromatic heterocycles. The van der Waals surface area contributed by atoms with E-state index in [9.17, 15) is 9.90 Å². The highest BCUT2D eigenvalue weighted by Gasteiger charge is 2.64. The van der Waals surface area contributed by atoms with Crippen molar-refractivity contribution in [2.24, 2.45) is 11.8 Å². The lowest BCUT2D eigenvalue weighted by molar-refractivity contribution is -0.118. The molecule has 2 aliphatic heterocycles. The third-order valence-electron chi connectivity index (χ3n) is 6.02. The van der Waals surface area contributed by atoms with Gasteiger partial charge in [0.05, 0.1) is 23.5 Å². The minimum absolute atomic E-state index is 0.00743. The summed E-state index contributed by atoms with van der Waals surface area (Å²) in [5, 5.41) is 13.2. The molecule has 6 heteroatoms. The van der Waals surface area contributed by atoms with Crippen molar-refractivity contribution in [1.29, 1.82) is 0 Å². The van der Waals surface area contributed by atoms with Gasteiger partial charge in [0.1, 0.15) is 15.7 Å². The molecule has 3 aliphatic rings. The molecule has 5 rings (SSSR count). The Morgan fingerprint density at radius 1 is 1.29 bits per heavy atom. The van der Waals surface area contributed by atoms with Crippen LogP contribution >= 0.6 is 23.1 Å². The molecule has 4 nitrogen and oxygen atoms in total. The maximum atomic E-state index is 13.4. The lowest BCUT2D eigenvalue weighted by atomic mass is 9.77. The molecule has 0 unspecified atom stereocenters. The molecule has 2 aromatic rings. The predicted octanol–water partition coefficient (Wildman–Crippen LogP) is 4.65. The summed E-state index contributed by atoms with van der Waals surface area (Å²) >= 11 is 3.21. The highest BCUT2D eigenvalue weighted by molar-refractivity contribution is 8.01. The van der Waals surface area contributed by atoms with Gasteiger partial charge < -0.3 is 9.84 Å². The fraction of sp³-hybridized carbons (Fsp3) is 0.364. The summed E-state index contributed by atoms with van der Waals surface area (Å²) in [6.45, 7) is 6.06. The number of nitrogens with zero attached hydrogens (tertiary/aromatic N) is 1. The average Bonchev–Trinajstić information content (AvgIpc) is 3.39. The van der Waals surface area contributed by atoms with Crippen LogP contribution in [-0.2, 0) is 9.53 Å². The van der Waals surface area contributed by atoms with E-state index in [-0.39, 0.29) is 29.5 Å². The Balaban J connectivity index is 1.56. The molecule has 4 atom stereocenters. The van der Waals surface area contributed by atoms with E-state index in [0.29, 0.717) is 11.3 Å². The van der Waals surface area contributed by atoms with Gasteiger partial charge in [0.2, 0.25) is 0 Å². The Hall–Kier alpha value is -1.89. The summed E-state index contributed by atoms with van der Waals surface area (Å²) in [5.74, 6) is 0.171. The van der Waals surface area contributed by atoms with Crippen LogP contribution in [0.25, 0.3) is 5.57 Å². The highest BCUT2D eigenvalue weighted by Crippen LogP contribution is 2.57. The van der Waals surface area contributed by atoms with Crippen molar-refractivity contribution in [3.05, 3.63) is 63.9 Å². The molecule has 0 saturated carbocycles. The van der Waals surface area contributed by atoms with Crippen LogP contribution in [0.1, 0.15) is 22.3 Å². The Labute approximate surface area is 172 Å². The van der Waals surface area contributed by atoms with Gasteiger partial charge in [-0.2, -0.15) is 0 Å². The first-order chi connectivity index (χ1) is 13.4. The van der Waals surface area contributed by atoms with Gasteiger partial charge in [0.15, 0.2) is 5.78 Å². The SMILES string of the molecule is Cc1cc(C)c(C2=C(O)[C@H]3[C@@H](C2=O)[C@@H]2C=C[C@@]3(CSc3nccs3)O2)c(C)c1. The third kappa shape index (κ3) is 2.48. The molecule has 0 radical (unpaired) electrons. The van der Waals surface area contributed by atoms with Crippen molar-refractivity contribution in [2.75, 3.05) is 5.75 Å². The van der Waals surface area contributed by atoms with E-state index in [4.69, 9.17) is 4.74 Å². The lowest BCUT2D eigenvalue weighted by Gasteiger charge is -2.29. The summed E-state index contributed by atoms with van der Waals surface area (Å²) in [5.41, 5.74) is 3.93. The predicted molar refractivity (Wildman–Crippen MR) is 112 cm³/mol. The first-order valence-corrected chi connectivity index (χ1v) is 11.2. The number of aliphatic hydroxyl groups is 1. The number of aliphatic hydroxyl groups excluding tert-OH is 1. The van der Waals surface area contributed by atoms with Gasteiger partial charge in [-0.25, -0.2) is 4.98 Å². The number of benzene rings is 1. The maximum absolute atomic E-state index is 13.4. The molecule has 3 heterocycles. The number of carbonyl (C=O) groups is 1. The minimum Gasteiger partial charge on any atom is -0.511 e. The second-order valence-corrected chi connectivity index (χ2v) is 10.0. The number of hydrogen-bond donors (Lipinski definition) is 1. The number of carbonyl (C=O) groups excluding carboxylic acids is 1. The molecular weight excluding hydrogens is 390 g/mol. The number of ketones is 1. The van der Waals surface area contributed by atoms with E-state index in [1.165, 1.54) is 0 Å². The maximum Gasteiger partial charge on any atom is 0.173 e. The smallest absolute Gasteiger partial charge is 0.173 e. The van der Waals surface area contributed by atoms with E-state index >= 15 is 0 Å². The van der Waals surface area contributed by atoms with Gasteiger partial charge in [-0.15, -0.1) is 11.3 Å². The molecule has 144 valence electrons. The monoisotopic (exact) mass is 411 g/mol. The summed E-state index contributed by atoms with van der Waals surface area (Å²) in [7, 11) is 0. The largest absolute Gasteiger partial charge is 0.511 e. The molecule has 1 N–H and O–H groups in total. The van der Waals surface area contributed by atoms with Crippen LogP contribution in [0.15, 0.2) is 46.0 Å². The van der Waals surface area contributed by atoms with Crippen molar-refractivity contribution in [2.45, 2.75) is 36.8 Å². The first kappa shape index (κ1) is 18.2. The average molecular weight is 412 g/mol. The van der Waals surface area contributed by atoms with Gasteiger partial charge in [-0.1, -0.05) is 41.6 Å². The Morgan fingerprint density at radius 2 is 2.04 bits per heavy atom. The van der Waals surface area contributed by atoms with Gasteiger partial charge in [0, 0.05) is 17.3 Å². The zero-order valence-electron chi connectivity index (χ0n) is 15.9. The van der Waals surface area contributed by atoms with Crippen LogP contribution in [0.4, 0.5) is 0 Å². The number of Topliss-reactive ketones (excluding diaryl/α,β-unsaturated/α-hetero) is 1. The number of thioether (sulfide) groups is 1. The van der Waals surface area contributed by atoms with Crippen molar-refractivity contribution in [1.82, 2.24) is 4.98 Å². The van der Waals surface area contributed by atoms with Crippen molar-refractivity contribution >= 4 is 34.5 Å². The van der Waals surface area contributed by atoms with E-state index in [1.54, 1.807) is 29.3 Å². The van der Waals surface area contributed by atoms with E-state index in [0.717, 1.165) is 26.6 Å².